The van der Waals surface area contributed by atoms with Gasteiger partial charge < -0.3 is 10.5 Å². The number of methoxy groups -OCH3 is 1. The largest absolute Gasteiger partial charge is 0.464 e. The van der Waals surface area contributed by atoms with Gasteiger partial charge in [0.2, 0.25) is 0 Å². The molecule has 0 saturated heterocycles. The molecule has 2 N–H and O–H groups in total. The molecule has 0 aliphatic heterocycles. The zero-order valence-electron chi connectivity index (χ0n) is 10.3. The Morgan fingerprint density at radius 1 is 1.53 bits per heavy atom. The molecule has 1 aromatic heterocycles. The minimum atomic E-state index is -0.660. The summed E-state index contributed by atoms with van der Waals surface area (Å²) in [6.45, 7) is 1.63. The van der Waals surface area contributed by atoms with Crippen LogP contribution in [0.2, 0.25) is 0 Å². The number of anilines is 1. The number of benzene rings is 1. The lowest BCUT2D eigenvalue weighted by molar-refractivity contribution is 0.0596. The van der Waals surface area contributed by atoms with Crippen molar-refractivity contribution in [3.05, 3.63) is 40.0 Å². The van der Waals surface area contributed by atoms with E-state index < -0.39 is 11.8 Å². The SMILES string of the molecule is COC(=O)c1nc(C)n(-c2c(F)cccc2Br)c1N. The summed E-state index contributed by atoms with van der Waals surface area (Å²) >= 11 is 3.26. The van der Waals surface area contributed by atoms with Crippen molar-refractivity contribution >= 4 is 27.7 Å². The number of carbonyl (C=O) groups is 1. The van der Waals surface area contributed by atoms with Crippen LogP contribution in [0.15, 0.2) is 22.7 Å². The summed E-state index contributed by atoms with van der Waals surface area (Å²) in [7, 11) is 1.23. The molecule has 1 aromatic carbocycles. The number of nitrogens with zero attached hydrogens (tertiary/aromatic N) is 2. The van der Waals surface area contributed by atoms with Gasteiger partial charge in [0.25, 0.3) is 0 Å². The zero-order chi connectivity index (χ0) is 14.2. The van der Waals surface area contributed by atoms with Gasteiger partial charge >= 0.3 is 5.97 Å². The Bertz CT molecular complexity index is 634. The maximum absolute atomic E-state index is 13.9. The molecule has 1 heterocycles. The molecule has 0 bridgehead atoms. The number of aryl methyl sites for hydroxylation is 1. The number of halogens is 2. The van der Waals surface area contributed by atoms with Gasteiger partial charge in [0.1, 0.15) is 17.5 Å². The van der Waals surface area contributed by atoms with E-state index in [0.29, 0.717) is 10.3 Å². The molecule has 100 valence electrons. The molecule has 0 saturated carbocycles. The Hall–Kier alpha value is -1.89. The van der Waals surface area contributed by atoms with Gasteiger partial charge in [-0.3, -0.25) is 4.57 Å². The zero-order valence-corrected chi connectivity index (χ0v) is 11.9. The van der Waals surface area contributed by atoms with E-state index in [1.807, 2.05) is 0 Å². The molecule has 7 heteroatoms. The molecule has 0 fully saturated rings. The highest BCUT2D eigenvalue weighted by atomic mass is 79.9. The van der Waals surface area contributed by atoms with Crippen LogP contribution in [0.3, 0.4) is 0 Å². The summed E-state index contributed by atoms with van der Waals surface area (Å²) < 4.78 is 20.4. The Labute approximate surface area is 117 Å². The molecule has 0 unspecified atom stereocenters. The van der Waals surface area contributed by atoms with Crippen molar-refractivity contribution in [3.8, 4) is 5.69 Å². The normalized spacial score (nSPS) is 10.5. The van der Waals surface area contributed by atoms with Gasteiger partial charge in [0, 0.05) is 4.47 Å². The van der Waals surface area contributed by atoms with Crippen molar-refractivity contribution < 1.29 is 13.9 Å². The second-order valence-corrected chi connectivity index (χ2v) is 4.64. The molecular weight excluding hydrogens is 317 g/mol. The van der Waals surface area contributed by atoms with Crippen molar-refractivity contribution in [2.45, 2.75) is 6.92 Å². The van der Waals surface area contributed by atoms with Gasteiger partial charge in [-0.15, -0.1) is 0 Å². The summed E-state index contributed by atoms with van der Waals surface area (Å²) in [6, 6.07) is 4.54. The van der Waals surface area contributed by atoms with Crippen molar-refractivity contribution in [1.29, 1.82) is 0 Å². The number of hydrogen-bond donors (Lipinski definition) is 1. The number of imidazole rings is 1. The minimum Gasteiger partial charge on any atom is -0.464 e. The first kappa shape index (κ1) is 13.5. The maximum Gasteiger partial charge on any atom is 0.360 e. The van der Waals surface area contributed by atoms with Gasteiger partial charge in [-0.25, -0.2) is 14.2 Å². The minimum absolute atomic E-state index is 0.0323. The molecule has 0 amide bonds. The van der Waals surface area contributed by atoms with E-state index >= 15 is 0 Å². The molecule has 0 spiro atoms. The number of carbonyl (C=O) groups excluding carboxylic acids is 1. The van der Waals surface area contributed by atoms with Crippen LogP contribution in [-0.4, -0.2) is 22.6 Å². The van der Waals surface area contributed by atoms with Crippen LogP contribution < -0.4 is 5.73 Å². The second kappa shape index (κ2) is 5.00. The lowest BCUT2D eigenvalue weighted by Crippen LogP contribution is -2.09. The third-order valence-electron chi connectivity index (χ3n) is 2.62. The number of esters is 1. The number of ether oxygens (including phenoxy) is 1. The first-order valence-electron chi connectivity index (χ1n) is 5.35. The van der Waals surface area contributed by atoms with Crippen molar-refractivity contribution in [2.24, 2.45) is 0 Å². The smallest absolute Gasteiger partial charge is 0.360 e. The molecule has 19 heavy (non-hydrogen) atoms. The lowest BCUT2D eigenvalue weighted by Gasteiger charge is -2.10. The average Bonchev–Trinajstić information content (AvgIpc) is 2.65. The Kier molecular flexibility index (Phi) is 3.57. The van der Waals surface area contributed by atoms with Crippen LogP contribution in [-0.2, 0) is 4.74 Å². The highest BCUT2D eigenvalue weighted by molar-refractivity contribution is 9.10. The molecule has 5 nitrogen and oxygen atoms in total. The molecule has 0 radical (unpaired) electrons. The first-order valence-corrected chi connectivity index (χ1v) is 6.14. The predicted molar refractivity (Wildman–Crippen MR) is 71.7 cm³/mol. The van der Waals surface area contributed by atoms with Crippen LogP contribution in [0.4, 0.5) is 10.2 Å². The molecular formula is C12H11BrFN3O2. The average molecular weight is 328 g/mol. The molecule has 0 aliphatic rings. The quantitative estimate of drug-likeness (QED) is 0.860. The summed E-state index contributed by atoms with van der Waals surface area (Å²) in [5, 5.41) is 0. The topological polar surface area (TPSA) is 70.1 Å². The van der Waals surface area contributed by atoms with Crippen LogP contribution >= 0.6 is 15.9 Å². The van der Waals surface area contributed by atoms with E-state index in [4.69, 9.17) is 5.73 Å². The van der Waals surface area contributed by atoms with Gasteiger partial charge in [-0.1, -0.05) is 6.07 Å². The third-order valence-corrected chi connectivity index (χ3v) is 3.26. The Balaban J connectivity index is 2.70. The van der Waals surface area contributed by atoms with Crippen LogP contribution in [0.5, 0.6) is 0 Å². The van der Waals surface area contributed by atoms with E-state index in [9.17, 15) is 9.18 Å². The first-order chi connectivity index (χ1) is 8.97. The number of hydrogen-bond acceptors (Lipinski definition) is 4. The van der Waals surface area contributed by atoms with Crippen molar-refractivity contribution in [1.82, 2.24) is 9.55 Å². The van der Waals surface area contributed by atoms with E-state index in [0.717, 1.165) is 0 Å². The summed E-state index contributed by atoms with van der Waals surface area (Å²) in [6.07, 6.45) is 0. The van der Waals surface area contributed by atoms with Gasteiger partial charge in [-0.2, -0.15) is 0 Å². The maximum atomic E-state index is 13.9. The van der Waals surface area contributed by atoms with Gasteiger partial charge in [0.15, 0.2) is 5.69 Å². The molecule has 2 aromatic rings. The Morgan fingerprint density at radius 2 is 2.21 bits per heavy atom. The number of nitrogens with two attached hydrogens (primary N) is 1. The highest BCUT2D eigenvalue weighted by Crippen LogP contribution is 2.29. The molecule has 0 aliphatic carbocycles. The lowest BCUT2D eigenvalue weighted by atomic mass is 10.3. The summed E-state index contributed by atoms with van der Waals surface area (Å²) in [5.74, 6) is -0.705. The summed E-state index contributed by atoms with van der Waals surface area (Å²) in [5.41, 5.74) is 6.04. The standard InChI is InChI=1S/C12H11BrFN3O2/c1-6-16-9(12(18)19-2)11(15)17(6)10-7(13)4-3-5-8(10)14/h3-5H,15H2,1-2H3. The number of nitrogen functional groups attached to an aromatic ring is 1. The Morgan fingerprint density at radius 3 is 2.79 bits per heavy atom. The second-order valence-electron chi connectivity index (χ2n) is 3.79. The van der Waals surface area contributed by atoms with Crippen LogP contribution in [0.25, 0.3) is 5.69 Å². The van der Waals surface area contributed by atoms with E-state index in [2.05, 4.69) is 25.7 Å². The fourth-order valence-electron chi connectivity index (χ4n) is 1.78. The van der Waals surface area contributed by atoms with E-state index in [1.165, 1.54) is 17.7 Å². The van der Waals surface area contributed by atoms with Crippen molar-refractivity contribution in [2.75, 3.05) is 12.8 Å². The van der Waals surface area contributed by atoms with Crippen molar-refractivity contribution in [3.63, 3.8) is 0 Å². The fraction of sp³-hybridized carbons (Fsp3) is 0.167. The predicted octanol–water partition coefficient (Wildman–Crippen LogP) is 2.45. The van der Waals surface area contributed by atoms with Crippen LogP contribution in [0.1, 0.15) is 16.3 Å². The van der Waals surface area contributed by atoms with Gasteiger partial charge in [0.05, 0.1) is 12.8 Å². The van der Waals surface area contributed by atoms with E-state index in [1.54, 1.807) is 19.1 Å². The number of rotatable bonds is 2. The molecule has 2 rings (SSSR count). The highest BCUT2D eigenvalue weighted by Gasteiger charge is 2.22. The van der Waals surface area contributed by atoms with E-state index in [-0.39, 0.29) is 17.2 Å². The molecule has 0 atom stereocenters. The third kappa shape index (κ3) is 2.21. The fourth-order valence-corrected chi connectivity index (χ4v) is 2.30. The van der Waals surface area contributed by atoms with Crippen LogP contribution in [0, 0.1) is 12.7 Å². The number of para-hydroxylation sites is 1. The summed E-state index contributed by atoms with van der Waals surface area (Å²) in [4.78, 5) is 15.5. The van der Waals surface area contributed by atoms with Gasteiger partial charge in [-0.05, 0) is 35.0 Å². The monoisotopic (exact) mass is 327 g/mol. The number of aromatic nitrogens is 2.